The highest BCUT2D eigenvalue weighted by molar-refractivity contribution is 5.94. The summed E-state index contributed by atoms with van der Waals surface area (Å²) in [5, 5.41) is 8.77. The van der Waals surface area contributed by atoms with Gasteiger partial charge in [0.25, 0.3) is 0 Å². The van der Waals surface area contributed by atoms with E-state index in [2.05, 4.69) is 29.8 Å². The fraction of sp³-hybridized carbons (Fsp3) is 0.391. The minimum atomic E-state index is -0.151. The van der Waals surface area contributed by atoms with E-state index in [1.807, 2.05) is 50.2 Å². The lowest BCUT2D eigenvalue weighted by molar-refractivity contribution is -0.119. The number of hydrogen-bond acceptors (Lipinski definition) is 4. The quantitative estimate of drug-likeness (QED) is 0.540. The monoisotopic (exact) mass is 397 g/mol. The molecule has 0 aliphatic carbocycles. The minimum Gasteiger partial charge on any atom is -0.494 e. The molecule has 2 aromatic carbocycles. The Morgan fingerprint density at radius 3 is 2.24 bits per heavy atom. The van der Waals surface area contributed by atoms with Gasteiger partial charge in [-0.2, -0.15) is 0 Å². The summed E-state index contributed by atoms with van der Waals surface area (Å²) >= 11 is 0. The van der Waals surface area contributed by atoms with Crippen LogP contribution in [0.3, 0.4) is 0 Å². The third-order valence-corrected chi connectivity index (χ3v) is 4.21. The number of carbonyl (C=O) groups is 2. The summed E-state index contributed by atoms with van der Waals surface area (Å²) in [7, 11) is 0. The van der Waals surface area contributed by atoms with Crippen LogP contribution in [0.25, 0.3) is 0 Å². The normalized spacial score (nSPS) is 10.7. The molecule has 6 heteroatoms. The number of hydrogen-bond donors (Lipinski definition) is 3. The molecule has 0 unspecified atom stereocenters. The van der Waals surface area contributed by atoms with Crippen LogP contribution >= 0.6 is 0 Å². The molecule has 0 saturated carbocycles. The molecular formula is C23H31N3O3. The lowest BCUT2D eigenvalue weighted by atomic mass is 10.1. The lowest BCUT2D eigenvalue weighted by Crippen LogP contribution is -2.21. The van der Waals surface area contributed by atoms with Crippen LogP contribution in [0.1, 0.15) is 34.1 Å². The van der Waals surface area contributed by atoms with Crippen LogP contribution in [-0.4, -0.2) is 25.0 Å². The molecule has 0 aliphatic heterocycles. The van der Waals surface area contributed by atoms with Gasteiger partial charge in [-0.25, -0.2) is 0 Å². The van der Waals surface area contributed by atoms with Crippen molar-refractivity contribution >= 4 is 28.9 Å². The van der Waals surface area contributed by atoms with Gasteiger partial charge in [0.15, 0.2) is 0 Å². The SMILES string of the molecule is CC(C)CCOc1cccc(NC(=O)CNc2ccc(NC(=O)C(C)C)cc2)c1. The number of ether oxygens (including phenoxy) is 1. The van der Waals surface area contributed by atoms with Crippen molar-refractivity contribution in [1.82, 2.24) is 0 Å². The van der Waals surface area contributed by atoms with E-state index in [-0.39, 0.29) is 24.3 Å². The van der Waals surface area contributed by atoms with Gasteiger partial charge < -0.3 is 20.7 Å². The first kappa shape index (κ1) is 22.3. The zero-order valence-corrected chi connectivity index (χ0v) is 17.6. The van der Waals surface area contributed by atoms with E-state index < -0.39 is 0 Å². The minimum absolute atomic E-state index is 0.0273. The van der Waals surface area contributed by atoms with E-state index in [4.69, 9.17) is 4.74 Å². The molecule has 156 valence electrons. The number of carbonyl (C=O) groups excluding carboxylic acids is 2. The van der Waals surface area contributed by atoms with Crippen LogP contribution in [0.2, 0.25) is 0 Å². The predicted molar refractivity (Wildman–Crippen MR) is 118 cm³/mol. The van der Waals surface area contributed by atoms with Crippen LogP contribution in [-0.2, 0) is 9.59 Å². The van der Waals surface area contributed by atoms with E-state index >= 15 is 0 Å². The van der Waals surface area contributed by atoms with Crippen molar-refractivity contribution in [2.24, 2.45) is 11.8 Å². The summed E-state index contributed by atoms with van der Waals surface area (Å²) in [6.45, 7) is 8.79. The molecule has 0 fully saturated rings. The zero-order chi connectivity index (χ0) is 21.2. The Balaban J connectivity index is 1.80. The number of rotatable bonds is 10. The first-order valence-electron chi connectivity index (χ1n) is 10.0. The average molecular weight is 398 g/mol. The van der Waals surface area contributed by atoms with Gasteiger partial charge in [-0.1, -0.05) is 33.8 Å². The maximum atomic E-state index is 12.2. The average Bonchev–Trinajstić information content (AvgIpc) is 2.67. The van der Waals surface area contributed by atoms with Crippen LogP contribution in [0, 0.1) is 11.8 Å². The van der Waals surface area contributed by atoms with E-state index in [0.717, 1.165) is 23.5 Å². The maximum absolute atomic E-state index is 12.2. The van der Waals surface area contributed by atoms with Crippen LogP contribution in [0.15, 0.2) is 48.5 Å². The van der Waals surface area contributed by atoms with Gasteiger partial charge in [0.2, 0.25) is 11.8 Å². The highest BCUT2D eigenvalue weighted by Crippen LogP contribution is 2.18. The smallest absolute Gasteiger partial charge is 0.243 e. The Morgan fingerprint density at radius 2 is 1.59 bits per heavy atom. The molecule has 2 aromatic rings. The molecule has 2 rings (SSSR count). The standard InChI is InChI=1S/C23H31N3O3/c1-16(2)12-13-29-21-7-5-6-20(14-21)25-22(27)15-24-18-8-10-19(11-9-18)26-23(28)17(3)4/h5-11,14,16-17,24H,12-13,15H2,1-4H3,(H,25,27)(H,26,28). The molecule has 2 amide bonds. The fourth-order valence-corrected chi connectivity index (χ4v) is 2.42. The summed E-state index contributed by atoms with van der Waals surface area (Å²) in [5.74, 6) is 1.08. The van der Waals surface area contributed by atoms with Gasteiger partial charge in [-0.05, 0) is 48.7 Å². The zero-order valence-electron chi connectivity index (χ0n) is 17.6. The van der Waals surface area contributed by atoms with E-state index in [0.29, 0.717) is 18.2 Å². The Hall–Kier alpha value is -3.02. The number of nitrogens with one attached hydrogen (secondary N) is 3. The second kappa shape index (κ2) is 11.1. The highest BCUT2D eigenvalue weighted by Gasteiger charge is 2.07. The molecule has 6 nitrogen and oxygen atoms in total. The summed E-state index contributed by atoms with van der Waals surface area (Å²) < 4.78 is 5.72. The fourth-order valence-electron chi connectivity index (χ4n) is 2.42. The van der Waals surface area contributed by atoms with E-state index in [1.165, 1.54) is 0 Å². The summed E-state index contributed by atoms with van der Waals surface area (Å²) in [5.41, 5.74) is 2.23. The molecule has 3 N–H and O–H groups in total. The van der Waals surface area contributed by atoms with Crippen molar-refractivity contribution in [3.63, 3.8) is 0 Å². The molecule has 0 spiro atoms. The van der Waals surface area contributed by atoms with Gasteiger partial charge >= 0.3 is 0 Å². The second-order valence-electron chi connectivity index (χ2n) is 7.68. The third kappa shape index (κ3) is 8.25. The highest BCUT2D eigenvalue weighted by atomic mass is 16.5. The van der Waals surface area contributed by atoms with Gasteiger partial charge in [-0.3, -0.25) is 9.59 Å². The molecule has 0 aromatic heterocycles. The molecule has 0 bridgehead atoms. The molecular weight excluding hydrogens is 366 g/mol. The number of anilines is 3. The van der Waals surface area contributed by atoms with E-state index in [9.17, 15) is 9.59 Å². The molecule has 0 radical (unpaired) electrons. The number of benzene rings is 2. The lowest BCUT2D eigenvalue weighted by Gasteiger charge is -2.11. The first-order valence-corrected chi connectivity index (χ1v) is 10.0. The number of amides is 2. The predicted octanol–water partition coefficient (Wildman–Crippen LogP) is 4.76. The van der Waals surface area contributed by atoms with Crippen LogP contribution in [0.5, 0.6) is 5.75 Å². The summed E-state index contributed by atoms with van der Waals surface area (Å²) in [6.07, 6.45) is 0.987. The molecule has 0 atom stereocenters. The van der Waals surface area contributed by atoms with Crippen LogP contribution < -0.4 is 20.7 Å². The van der Waals surface area contributed by atoms with Crippen molar-refractivity contribution in [2.45, 2.75) is 34.1 Å². The molecule has 0 saturated heterocycles. The van der Waals surface area contributed by atoms with E-state index in [1.54, 1.807) is 12.1 Å². The van der Waals surface area contributed by atoms with Gasteiger partial charge in [0.1, 0.15) is 5.75 Å². The van der Waals surface area contributed by atoms with Gasteiger partial charge in [-0.15, -0.1) is 0 Å². The largest absolute Gasteiger partial charge is 0.494 e. The van der Waals surface area contributed by atoms with Crippen molar-refractivity contribution in [3.8, 4) is 5.75 Å². The Kier molecular flexibility index (Phi) is 8.52. The third-order valence-electron chi connectivity index (χ3n) is 4.21. The van der Waals surface area contributed by atoms with Crippen molar-refractivity contribution in [3.05, 3.63) is 48.5 Å². The summed E-state index contributed by atoms with van der Waals surface area (Å²) in [6, 6.07) is 14.7. The van der Waals surface area contributed by atoms with Crippen molar-refractivity contribution in [2.75, 3.05) is 29.1 Å². The van der Waals surface area contributed by atoms with Gasteiger partial charge in [0.05, 0.1) is 13.2 Å². The second-order valence-corrected chi connectivity index (χ2v) is 7.68. The maximum Gasteiger partial charge on any atom is 0.243 e. The first-order chi connectivity index (χ1) is 13.8. The van der Waals surface area contributed by atoms with Crippen LogP contribution in [0.4, 0.5) is 17.1 Å². The summed E-state index contributed by atoms with van der Waals surface area (Å²) in [4.78, 5) is 23.9. The van der Waals surface area contributed by atoms with Gasteiger partial charge in [0, 0.05) is 29.0 Å². The Morgan fingerprint density at radius 1 is 0.897 bits per heavy atom. The molecule has 0 heterocycles. The topological polar surface area (TPSA) is 79.5 Å². The van der Waals surface area contributed by atoms with Crippen molar-refractivity contribution in [1.29, 1.82) is 0 Å². The molecule has 29 heavy (non-hydrogen) atoms. The Bertz CT molecular complexity index is 801. The molecule has 0 aliphatic rings. The Labute approximate surface area is 173 Å². The van der Waals surface area contributed by atoms with Crippen molar-refractivity contribution < 1.29 is 14.3 Å².